The number of carbonyl (C=O) groups excluding carboxylic acids is 1. The van der Waals surface area contributed by atoms with E-state index in [1.54, 1.807) is 12.1 Å². The molecule has 1 unspecified atom stereocenters. The van der Waals surface area contributed by atoms with Crippen LogP contribution in [-0.4, -0.2) is 27.1 Å². The molecule has 2 aliphatic rings. The van der Waals surface area contributed by atoms with Crippen molar-refractivity contribution in [3.63, 3.8) is 0 Å². The third-order valence-electron chi connectivity index (χ3n) is 6.01. The number of halogens is 2. The van der Waals surface area contributed by atoms with Gasteiger partial charge in [-0.2, -0.15) is 9.94 Å². The molecule has 11 heteroatoms. The average molecular weight is 484 g/mol. The van der Waals surface area contributed by atoms with Gasteiger partial charge in [0, 0.05) is 18.7 Å². The molecule has 0 saturated heterocycles. The van der Waals surface area contributed by atoms with E-state index in [4.69, 9.17) is 33.2 Å². The highest BCUT2D eigenvalue weighted by molar-refractivity contribution is 6.37. The number of anilines is 1. The second kappa shape index (κ2) is 7.76. The number of rotatable bonds is 3. The summed E-state index contributed by atoms with van der Waals surface area (Å²) >= 11 is 12.8. The van der Waals surface area contributed by atoms with Crippen molar-refractivity contribution in [2.45, 2.75) is 24.7 Å². The fourth-order valence-corrected chi connectivity index (χ4v) is 4.96. The molecule has 2 heterocycles. The average Bonchev–Trinajstić information content (AvgIpc) is 3.34. The molecular weight excluding hydrogens is 469 g/mol. The Morgan fingerprint density at radius 1 is 1.15 bits per heavy atom. The highest BCUT2D eigenvalue weighted by Crippen LogP contribution is 2.48. The SMILES string of the molecule is N#Cc1nn(-c2cc(Cl)c(Oc3ccc4c(c3)C3(CCCC3=O)CN4)c(Cl)c2)c(=O)[nH]c1=O. The number of nitrogens with one attached hydrogen (secondary N) is 2. The summed E-state index contributed by atoms with van der Waals surface area (Å²) in [7, 11) is 0. The number of nitriles is 1. The van der Waals surface area contributed by atoms with Crippen molar-refractivity contribution in [2.24, 2.45) is 0 Å². The summed E-state index contributed by atoms with van der Waals surface area (Å²) in [6.45, 7) is 0.576. The summed E-state index contributed by atoms with van der Waals surface area (Å²) in [5, 5.41) is 16.2. The number of carbonyl (C=O) groups is 1. The first-order chi connectivity index (χ1) is 15.8. The molecule has 1 spiro atoms. The zero-order chi connectivity index (χ0) is 23.3. The van der Waals surface area contributed by atoms with E-state index in [2.05, 4.69) is 10.4 Å². The summed E-state index contributed by atoms with van der Waals surface area (Å²) in [6.07, 6.45) is 2.21. The van der Waals surface area contributed by atoms with Crippen LogP contribution >= 0.6 is 23.2 Å². The molecule has 0 amide bonds. The Bertz CT molecular complexity index is 1470. The highest BCUT2D eigenvalue weighted by atomic mass is 35.5. The first-order valence-corrected chi connectivity index (χ1v) is 10.8. The van der Waals surface area contributed by atoms with Crippen LogP contribution in [0.5, 0.6) is 11.5 Å². The van der Waals surface area contributed by atoms with Gasteiger partial charge in [0.25, 0.3) is 5.56 Å². The molecule has 9 nitrogen and oxygen atoms in total. The predicted octanol–water partition coefficient (Wildman–Crippen LogP) is 3.31. The summed E-state index contributed by atoms with van der Waals surface area (Å²) in [6, 6.07) is 9.81. The maximum absolute atomic E-state index is 12.6. The number of ether oxygens (including phenoxy) is 1. The predicted molar refractivity (Wildman–Crippen MR) is 121 cm³/mol. The van der Waals surface area contributed by atoms with Crippen LogP contribution in [0.1, 0.15) is 30.5 Å². The topological polar surface area (TPSA) is 130 Å². The summed E-state index contributed by atoms with van der Waals surface area (Å²) in [5.74, 6) is 0.832. The minimum Gasteiger partial charge on any atom is -0.454 e. The van der Waals surface area contributed by atoms with Gasteiger partial charge in [-0.15, -0.1) is 5.10 Å². The summed E-state index contributed by atoms with van der Waals surface area (Å²) in [5.41, 5.74) is -0.797. The lowest BCUT2D eigenvalue weighted by molar-refractivity contribution is -0.121. The van der Waals surface area contributed by atoms with Crippen molar-refractivity contribution >= 4 is 34.7 Å². The van der Waals surface area contributed by atoms with Gasteiger partial charge in [-0.05, 0) is 48.7 Å². The zero-order valence-electron chi connectivity index (χ0n) is 16.9. The highest BCUT2D eigenvalue weighted by Gasteiger charge is 2.48. The molecule has 1 aliphatic carbocycles. The Kier molecular flexibility index (Phi) is 5.00. The van der Waals surface area contributed by atoms with Gasteiger partial charge in [0.2, 0.25) is 5.69 Å². The minimum absolute atomic E-state index is 0.0844. The minimum atomic E-state index is -0.888. The van der Waals surface area contributed by atoms with Crippen molar-refractivity contribution in [3.05, 3.63) is 72.5 Å². The molecule has 1 aliphatic heterocycles. The van der Waals surface area contributed by atoms with E-state index >= 15 is 0 Å². The van der Waals surface area contributed by atoms with Crippen LogP contribution in [0.25, 0.3) is 5.69 Å². The Hall–Kier alpha value is -3.61. The van der Waals surface area contributed by atoms with E-state index in [1.165, 1.54) is 12.1 Å². The lowest BCUT2D eigenvalue weighted by atomic mass is 9.80. The lowest BCUT2D eigenvalue weighted by Crippen LogP contribution is -2.33. The van der Waals surface area contributed by atoms with Crippen LogP contribution in [0, 0.1) is 11.3 Å². The first kappa shape index (κ1) is 21.2. The van der Waals surface area contributed by atoms with Gasteiger partial charge >= 0.3 is 5.69 Å². The fourth-order valence-electron chi connectivity index (χ4n) is 4.41. The van der Waals surface area contributed by atoms with E-state index in [1.807, 2.05) is 17.1 Å². The van der Waals surface area contributed by atoms with Crippen LogP contribution in [-0.2, 0) is 10.2 Å². The Balaban J connectivity index is 1.51. The van der Waals surface area contributed by atoms with E-state index < -0.39 is 22.4 Å². The molecule has 3 aromatic rings. The number of aromatic amines is 1. The van der Waals surface area contributed by atoms with Crippen molar-refractivity contribution in [1.82, 2.24) is 14.8 Å². The number of aromatic nitrogens is 3. The van der Waals surface area contributed by atoms with Crippen LogP contribution in [0.2, 0.25) is 10.0 Å². The van der Waals surface area contributed by atoms with Crippen LogP contribution in [0.4, 0.5) is 5.69 Å². The molecular formula is C22H15Cl2N5O4. The fraction of sp³-hybridized carbons (Fsp3) is 0.227. The molecule has 0 radical (unpaired) electrons. The standard InChI is InChI=1S/C22H15Cl2N5O4/c23-14-6-11(29-21(32)27-20(31)17(9-25)28-29)7-15(24)19(14)33-12-3-4-16-13(8-12)22(10-26-16)5-1-2-18(22)30/h3-4,6-8,26H,1-2,5,10H2,(H,27,31,32). The van der Waals surface area contributed by atoms with Gasteiger partial charge in [0.1, 0.15) is 17.6 Å². The molecule has 2 N–H and O–H groups in total. The molecule has 2 aromatic carbocycles. The number of Topliss-reactive ketones (excluding diaryl/α,β-unsaturated/α-hetero) is 1. The number of benzene rings is 2. The summed E-state index contributed by atoms with van der Waals surface area (Å²) < 4.78 is 6.78. The summed E-state index contributed by atoms with van der Waals surface area (Å²) in [4.78, 5) is 38.4. The quantitative estimate of drug-likeness (QED) is 0.584. The van der Waals surface area contributed by atoms with Crippen molar-refractivity contribution in [1.29, 1.82) is 5.26 Å². The number of fused-ring (bicyclic) bond motifs is 2. The molecule has 1 atom stereocenters. The van der Waals surface area contributed by atoms with Crippen molar-refractivity contribution in [3.8, 4) is 23.3 Å². The molecule has 1 saturated carbocycles. The second-order valence-electron chi connectivity index (χ2n) is 7.89. The van der Waals surface area contributed by atoms with Crippen LogP contribution < -0.4 is 21.3 Å². The third kappa shape index (κ3) is 3.39. The number of H-pyrrole nitrogens is 1. The van der Waals surface area contributed by atoms with Gasteiger partial charge < -0.3 is 10.1 Å². The van der Waals surface area contributed by atoms with Crippen molar-refractivity contribution < 1.29 is 9.53 Å². The number of hydrogen-bond acceptors (Lipinski definition) is 7. The number of ketones is 1. The number of nitrogens with zero attached hydrogens (tertiary/aromatic N) is 3. The zero-order valence-corrected chi connectivity index (χ0v) is 18.5. The molecule has 5 rings (SSSR count). The maximum atomic E-state index is 12.6. The van der Waals surface area contributed by atoms with Gasteiger partial charge in [-0.3, -0.25) is 14.6 Å². The lowest BCUT2D eigenvalue weighted by Gasteiger charge is -2.21. The monoisotopic (exact) mass is 483 g/mol. The molecule has 33 heavy (non-hydrogen) atoms. The Labute approximate surface area is 196 Å². The molecule has 166 valence electrons. The normalized spacial score (nSPS) is 18.8. The largest absolute Gasteiger partial charge is 0.454 e. The molecule has 1 fully saturated rings. The molecule has 1 aromatic heterocycles. The van der Waals surface area contributed by atoms with Gasteiger partial charge in [-0.25, -0.2) is 4.79 Å². The Morgan fingerprint density at radius 2 is 1.91 bits per heavy atom. The molecule has 0 bridgehead atoms. The van der Waals surface area contributed by atoms with E-state index in [9.17, 15) is 14.4 Å². The second-order valence-corrected chi connectivity index (χ2v) is 8.71. The van der Waals surface area contributed by atoms with E-state index in [0.29, 0.717) is 18.7 Å². The Morgan fingerprint density at radius 3 is 2.58 bits per heavy atom. The van der Waals surface area contributed by atoms with Gasteiger partial charge in [-0.1, -0.05) is 23.2 Å². The first-order valence-electron chi connectivity index (χ1n) is 10.0. The maximum Gasteiger partial charge on any atom is 0.349 e. The van der Waals surface area contributed by atoms with Crippen molar-refractivity contribution in [2.75, 3.05) is 11.9 Å². The van der Waals surface area contributed by atoms with Crippen LogP contribution in [0.3, 0.4) is 0 Å². The number of hydrogen-bond donors (Lipinski definition) is 2. The van der Waals surface area contributed by atoms with E-state index in [0.717, 1.165) is 28.8 Å². The third-order valence-corrected chi connectivity index (χ3v) is 6.57. The van der Waals surface area contributed by atoms with Gasteiger partial charge in [0.15, 0.2) is 5.75 Å². The van der Waals surface area contributed by atoms with Gasteiger partial charge in [0.05, 0.1) is 21.1 Å². The van der Waals surface area contributed by atoms with E-state index in [-0.39, 0.29) is 27.3 Å². The van der Waals surface area contributed by atoms with Crippen LogP contribution in [0.15, 0.2) is 39.9 Å². The smallest absolute Gasteiger partial charge is 0.349 e.